The minimum atomic E-state index is -0.332. The molecular weight excluding hydrogens is 319 g/mol. The number of para-hydroxylation sites is 2. The standard InChI is InChI=1S/C20H18FN2O2/c21-16-6-2-4-8-19(16)25-14-9-11-23(12-10-14)18-13-20(24)22-17-7-3-1-5-15(17)18/h1-8,13-14H,9-12H2. The summed E-state index contributed by atoms with van der Waals surface area (Å²) in [5.41, 5.74) is 1.63. The van der Waals surface area contributed by atoms with Crippen LogP contribution < -0.4 is 9.64 Å². The second-order valence-electron chi connectivity index (χ2n) is 6.23. The Kier molecular flexibility index (Phi) is 4.14. The first-order valence-corrected chi connectivity index (χ1v) is 8.43. The minimum Gasteiger partial charge on any atom is -0.487 e. The number of benzene rings is 2. The summed E-state index contributed by atoms with van der Waals surface area (Å²) in [6, 6.07) is 15.8. The molecule has 1 fully saturated rings. The molecule has 0 saturated carbocycles. The number of ether oxygens (including phenoxy) is 1. The van der Waals surface area contributed by atoms with Crippen LogP contribution >= 0.6 is 0 Å². The maximum atomic E-state index is 13.7. The van der Waals surface area contributed by atoms with Crippen LogP contribution in [0.1, 0.15) is 12.8 Å². The van der Waals surface area contributed by atoms with Crippen molar-refractivity contribution in [3.8, 4) is 11.6 Å². The first-order chi connectivity index (χ1) is 12.2. The van der Waals surface area contributed by atoms with E-state index >= 15 is 0 Å². The van der Waals surface area contributed by atoms with Crippen molar-refractivity contribution in [2.24, 2.45) is 0 Å². The molecule has 4 rings (SSSR count). The number of halogens is 1. The molecule has 0 amide bonds. The summed E-state index contributed by atoms with van der Waals surface area (Å²) < 4.78 is 19.5. The molecule has 2 heterocycles. The average molecular weight is 337 g/mol. The maximum absolute atomic E-state index is 13.7. The summed E-state index contributed by atoms with van der Waals surface area (Å²) in [4.78, 5) is 6.25. The Bertz CT molecular complexity index is 892. The van der Waals surface area contributed by atoms with Gasteiger partial charge in [0, 0.05) is 37.4 Å². The number of pyridine rings is 1. The Morgan fingerprint density at radius 1 is 1.04 bits per heavy atom. The molecule has 1 aliphatic heterocycles. The third-order valence-electron chi connectivity index (χ3n) is 4.58. The molecule has 1 radical (unpaired) electrons. The monoisotopic (exact) mass is 337 g/mol. The quantitative estimate of drug-likeness (QED) is 0.703. The fourth-order valence-corrected chi connectivity index (χ4v) is 3.33. The molecule has 25 heavy (non-hydrogen) atoms. The highest BCUT2D eigenvalue weighted by Gasteiger charge is 2.23. The summed E-state index contributed by atoms with van der Waals surface area (Å²) in [5, 5.41) is 12.9. The normalized spacial score (nSPS) is 15.5. The van der Waals surface area contributed by atoms with E-state index in [9.17, 15) is 9.50 Å². The molecule has 127 valence electrons. The SMILES string of the molecule is [O]c1cc(N2CCC(Oc3ccccc3F)CC2)c2ccccc2n1. The van der Waals surface area contributed by atoms with Gasteiger partial charge in [0.2, 0.25) is 0 Å². The third kappa shape index (κ3) is 3.22. The number of nitrogens with zero attached hydrogens (tertiary/aromatic N) is 2. The number of hydrogen-bond donors (Lipinski definition) is 0. The van der Waals surface area contributed by atoms with Crippen LogP contribution in [0, 0.1) is 5.82 Å². The molecular formula is C20H18FN2O2. The van der Waals surface area contributed by atoms with Crippen LogP contribution in [0.4, 0.5) is 10.1 Å². The van der Waals surface area contributed by atoms with Crippen molar-refractivity contribution in [2.45, 2.75) is 18.9 Å². The highest BCUT2D eigenvalue weighted by atomic mass is 19.1. The van der Waals surface area contributed by atoms with Gasteiger partial charge in [0.25, 0.3) is 5.88 Å². The van der Waals surface area contributed by atoms with Crippen molar-refractivity contribution in [3.05, 3.63) is 60.4 Å². The summed E-state index contributed by atoms with van der Waals surface area (Å²) in [6.07, 6.45) is 1.53. The largest absolute Gasteiger partial charge is 0.487 e. The number of fused-ring (bicyclic) bond motifs is 1. The van der Waals surface area contributed by atoms with Crippen LogP contribution in [0.5, 0.6) is 11.6 Å². The number of anilines is 1. The van der Waals surface area contributed by atoms with Gasteiger partial charge in [-0.25, -0.2) is 9.37 Å². The molecule has 5 heteroatoms. The Labute approximate surface area is 145 Å². The Morgan fingerprint density at radius 3 is 2.56 bits per heavy atom. The molecule has 0 spiro atoms. The fourth-order valence-electron chi connectivity index (χ4n) is 3.33. The van der Waals surface area contributed by atoms with E-state index in [2.05, 4.69) is 9.88 Å². The molecule has 0 N–H and O–H groups in total. The van der Waals surface area contributed by atoms with E-state index in [1.165, 1.54) is 6.07 Å². The van der Waals surface area contributed by atoms with Crippen LogP contribution in [0.2, 0.25) is 0 Å². The predicted molar refractivity (Wildman–Crippen MR) is 94.1 cm³/mol. The Hall–Kier alpha value is -2.82. The van der Waals surface area contributed by atoms with E-state index in [0.29, 0.717) is 5.75 Å². The van der Waals surface area contributed by atoms with Gasteiger partial charge >= 0.3 is 0 Å². The first-order valence-electron chi connectivity index (χ1n) is 8.43. The van der Waals surface area contributed by atoms with E-state index in [1.54, 1.807) is 24.3 Å². The van der Waals surface area contributed by atoms with E-state index < -0.39 is 0 Å². The Balaban J connectivity index is 1.50. The number of piperidine rings is 1. The summed E-state index contributed by atoms with van der Waals surface area (Å²) in [6.45, 7) is 1.51. The van der Waals surface area contributed by atoms with Crippen LogP contribution in [0.15, 0.2) is 54.6 Å². The molecule has 0 bridgehead atoms. The van der Waals surface area contributed by atoms with Gasteiger partial charge < -0.3 is 9.64 Å². The zero-order valence-corrected chi connectivity index (χ0v) is 13.7. The topological polar surface area (TPSA) is 45.3 Å². The summed E-state index contributed by atoms with van der Waals surface area (Å²) in [5.74, 6) is -0.253. The van der Waals surface area contributed by atoms with Crippen LogP contribution in [0.25, 0.3) is 10.9 Å². The molecule has 0 aliphatic carbocycles. The van der Waals surface area contributed by atoms with Crippen LogP contribution in [-0.2, 0) is 5.11 Å². The highest BCUT2D eigenvalue weighted by molar-refractivity contribution is 5.92. The average Bonchev–Trinajstić information content (AvgIpc) is 2.63. The molecule has 2 aromatic carbocycles. The highest BCUT2D eigenvalue weighted by Crippen LogP contribution is 2.32. The van der Waals surface area contributed by atoms with Crippen molar-refractivity contribution >= 4 is 16.6 Å². The molecule has 1 aromatic heterocycles. The van der Waals surface area contributed by atoms with Crippen molar-refractivity contribution in [1.29, 1.82) is 0 Å². The molecule has 0 atom stereocenters. The summed E-state index contributed by atoms with van der Waals surface area (Å²) in [7, 11) is 0. The van der Waals surface area contributed by atoms with Gasteiger partial charge in [-0.1, -0.05) is 30.3 Å². The van der Waals surface area contributed by atoms with Crippen LogP contribution in [-0.4, -0.2) is 24.2 Å². The number of rotatable bonds is 3. The zero-order valence-electron chi connectivity index (χ0n) is 13.7. The predicted octanol–water partition coefficient (Wildman–Crippen LogP) is 4.57. The van der Waals surface area contributed by atoms with E-state index in [0.717, 1.165) is 42.5 Å². The first kappa shape index (κ1) is 15.7. The molecule has 1 saturated heterocycles. The van der Waals surface area contributed by atoms with Gasteiger partial charge in [0.05, 0.1) is 11.2 Å². The lowest BCUT2D eigenvalue weighted by molar-refractivity contribution is 0.164. The lowest BCUT2D eigenvalue weighted by atomic mass is 10.1. The lowest BCUT2D eigenvalue weighted by Crippen LogP contribution is -2.38. The zero-order chi connectivity index (χ0) is 17.2. The van der Waals surface area contributed by atoms with E-state index in [1.807, 2.05) is 24.3 Å². The van der Waals surface area contributed by atoms with Crippen molar-refractivity contribution in [2.75, 3.05) is 18.0 Å². The number of aromatic nitrogens is 1. The fraction of sp³-hybridized carbons (Fsp3) is 0.250. The summed E-state index contributed by atoms with van der Waals surface area (Å²) >= 11 is 0. The maximum Gasteiger partial charge on any atom is 0.272 e. The second-order valence-corrected chi connectivity index (χ2v) is 6.23. The van der Waals surface area contributed by atoms with Gasteiger partial charge in [-0.15, -0.1) is 0 Å². The molecule has 4 nitrogen and oxygen atoms in total. The van der Waals surface area contributed by atoms with Gasteiger partial charge in [-0.05, 0) is 18.2 Å². The van der Waals surface area contributed by atoms with Crippen LogP contribution in [0.3, 0.4) is 0 Å². The second kappa shape index (κ2) is 6.59. The van der Waals surface area contributed by atoms with Crippen molar-refractivity contribution in [1.82, 2.24) is 4.98 Å². The van der Waals surface area contributed by atoms with Crippen molar-refractivity contribution < 1.29 is 14.2 Å². The van der Waals surface area contributed by atoms with Gasteiger partial charge in [0.15, 0.2) is 11.6 Å². The van der Waals surface area contributed by atoms with Gasteiger partial charge in [-0.3, -0.25) is 5.11 Å². The smallest absolute Gasteiger partial charge is 0.272 e. The lowest BCUT2D eigenvalue weighted by Gasteiger charge is -2.34. The minimum absolute atomic E-state index is 0.0204. The molecule has 3 aromatic rings. The molecule has 1 aliphatic rings. The van der Waals surface area contributed by atoms with Gasteiger partial charge in [-0.2, -0.15) is 0 Å². The van der Waals surface area contributed by atoms with Gasteiger partial charge in [0.1, 0.15) is 6.10 Å². The van der Waals surface area contributed by atoms with Crippen molar-refractivity contribution in [3.63, 3.8) is 0 Å². The van der Waals surface area contributed by atoms with E-state index in [-0.39, 0.29) is 17.8 Å². The van der Waals surface area contributed by atoms with E-state index in [4.69, 9.17) is 4.74 Å². The Morgan fingerprint density at radius 2 is 1.76 bits per heavy atom. The third-order valence-corrected chi connectivity index (χ3v) is 4.58. The number of hydrogen-bond acceptors (Lipinski definition) is 3. The molecule has 0 unspecified atom stereocenters.